The number of hydrogen-bond donors (Lipinski definition) is 1. The molecule has 2 nitrogen and oxygen atoms in total. The van der Waals surface area contributed by atoms with Gasteiger partial charge in [-0.05, 0) is 36.9 Å². The van der Waals surface area contributed by atoms with Gasteiger partial charge >= 0.3 is 0 Å². The minimum Gasteiger partial charge on any atom is -0.348 e. The average molecular weight is 230 g/mol. The van der Waals surface area contributed by atoms with Gasteiger partial charge in [-0.3, -0.25) is 0 Å². The van der Waals surface area contributed by atoms with Crippen LogP contribution < -0.4 is 5.73 Å². The van der Waals surface area contributed by atoms with Crippen LogP contribution in [-0.4, -0.2) is 11.1 Å². The zero-order valence-electron chi connectivity index (χ0n) is 11.2. The Bertz CT molecular complexity index is 535. The number of nitrogens with zero attached hydrogens (tertiary/aromatic N) is 1. The first-order valence-corrected chi connectivity index (χ1v) is 6.23. The van der Waals surface area contributed by atoms with Crippen LogP contribution >= 0.6 is 0 Å². The second-order valence-electron chi connectivity index (χ2n) is 5.46. The van der Waals surface area contributed by atoms with E-state index in [0.717, 1.165) is 13.0 Å². The Kier molecular flexibility index (Phi) is 3.00. The number of fused-ring (bicyclic) bond motifs is 1. The zero-order valence-corrected chi connectivity index (χ0v) is 11.2. The molecule has 0 aliphatic heterocycles. The standard InChI is InChI=1S/C15H22N2/c1-11-14(15(2,3)9-10-16)12-7-5-6-8-13(12)17(11)4/h5-8H,9-10,16H2,1-4H3. The molecular weight excluding hydrogens is 208 g/mol. The molecule has 2 rings (SSSR count). The lowest BCUT2D eigenvalue weighted by Gasteiger charge is -2.25. The van der Waals surface area contributed by atoms with E-state index in [1.807, 2.05) is 0 Å². The van der Waals surface area contributed by atoms with Crippen LogP contribution in [0.4, 0.5) is 0 Å². The maximum Gasteiger partial charge on any atom is 0.0482 e. The Hall–Kier alpha value is -1.28. The first kappa shape index (κ1) is 12.2. The van der Waals surface area contributed by atoms with Crippen LogP contribution in [0.2, 0.25) is 0 Å². The maximum atomic E-state index is 5.75. The number of benzene rings is 1. The number of aryl methyl sites for hydroxylation is 1. The molecule has 92 valence electrons. The Morgan fingerprint density at radius 1 is 1.24 bits per heavy atom. The second-order valence-corrected chi connectivity index (χ2v) is 5.46. The Morgan fingerprint density at radius 3 is 2.53 bits per heavy atom. The van der Waals surface area contributed by atoms with Crippen LogP contribution in [0, 0.1) is 6.92 Å². The van der Waals surface area contributed by atoms with E-state index in [1.165, 1.54) is 22.2 Å². The largest absolute Gasteiger partial charge is 0.348 e. The van der Waals surface area contributed by atoms with Gasteiger partial charge in [0.15, 0.2) is 0 Å². The lowest BCUT2D eigenvalue weighted by molar-refractivity contribution is 0.487. The molecule has 0 unspecified atom stereocenters. The van der Waals surface area contributed by atoms with Crippen molar-refractivity contribution < 1.29 is 0 Å². The highest BCUT2D eigenvalue weighted by Crippen LogP contribution is 2.36. The van der Waals surface area contributed by atoms with Crippen LogP contribution in [0.15, 0.2) is 24.3 Å². The molecule has 1 aromatic carbocycles. The topological polar surface area (TPSA) is 30.9 Å². The molecule has 0 bridgehead atoms. The Labute approximate surface area is 103 Å². The number of nitrogens with two attached hydrogens (primary N) is 1. The zero-order chi connectivity index (χ0) is 12.6. The fourth-order valence-electron chi connectivity index (χ4n) is 2.86. The summed E-state index contributed by atoms with van der Waals surface area (Å²) in [5, 5.41) is 1.37. The average Bonchev–Trinajstić information content (AvgIpc) is 2.53. The van der Waals surface area contributed by atoms with Gasteiger partial charge < -0.3 is 10.3 Å². The van der Waals surface area contributed by atoms with Crippen molar-refractivity contribution in [2.45, 2.75) is 32.6 Å². The van der Waals surface area contributed by atoms with Crippen LogP contribution in [0.1, 0.15) is 31.5 Å². The van der Waals surface area contributed by atoms with Gasteiger partial charge in [-0.1, -0.05) is 32.0 Å². The molecule has 1 heterocycles. The van der Waals surface area contributed by atoms with Crippen molar-refractivity contribution in [2.75, 3.05) is 6.54 Å². The van der Waals surface area contributed by atoms with E-state index in [-0.39, 0.29) is 5.41 Å². The van der Waals surface area contributed by atoms with Gasteiger partial charge in [0, 0.05) is 23.6 Å². The highest BCUT2D eigenvalue weighted by molar-refractivity contribution is 5.86. The van der Waals surface area contributed by atoms with E-state index in [2.05, 4.69) is 56.7 Å². The first-order chi connectivity index (χ1) is 7.99. The van der Waals surface area contributed by atoms with Gasteiger partial charge in [0.2, 0.25) is 0 Å². The molecule has 0 saturated carbocycles. The SMILES string of the molecule is Cc1c(C(C)(C)CCN)c2ccccc2n1C. The van der Waals surface area contributed by atoms with Gasteiger partial charge in [0.1, 0.15) is 0 Å². The van der Waals surface area contributed by atoms with E-state index in [0.29, 0.717) is 0 Å². The lowest BCUT2D eigenvalue weighted by atomic mass is 9.80. The number of para-hydroxylation sites is 1. The molecule has 0 radical (unpaired) electrons. The summed E-state index contributed by atoms with van der Waals surface area (Å²) in [6, 6.07) is 8.62. The van der Waals surface area contributed by atoms with Crippen LogP contribution in [0.25, 0.3) is 10.9 Å². The maximum absolute atomic E-state index is 5.75. The fraction of sp³-hybridized carbons (Fsp3) is 0.467. The summed E-state index contributed by atoms with van der Waals surface area (Å²) in [4.78, 5) is 0. The van der Waals surface area contributed by atoms with Gasteiger partial charge in [-0.2, -0.15) is 0 Å². The van der Waals surface area contributed by atoms with E-state index in [1.54, 1.807) is 0 Å². The number of rotatable bonds is 3. The van der Waals surface area contributed by atoms with Crippen molar-refractivity contribution in [1.82, 2.24) is 4.57 Å². The summed E-state index contributed by atoms with van der Waals surface area (Å²) < 4.78 is 2.28. The fourth-order valence-corrected chi connectivity index (χ4v) is 2.86. The van der Waals surface area contributed by atoms with Crippen molar-refractivity contribution in [3.63, 3.8) is 0 Å². The predicted molar refractivity (Wildman–Crippen MR) is 74.4 cm³/mol. The third kappa shape index (κ3) is 1.87. The summed E-state index contributed by atoms with van der Waals surface area (Å²) in [6.07, 6.45) is 1.02. The van der Waals surface area contributed by atoms with Crippen LogP contribution in [0.3, 0.4) is 0 Å². The minimum absolute atomic E-state index is 0.139. The molecular formula is C15H22N2. The third-order valence-corrected chi connectivity index (χ3v) is 3.85. The van der Waals surface area contributed by atoms with Gasteiger partial charge in [-0.15, -0.1) is 0 Å². The molecule has 0 amide bonds. The normalized spacial score (nSPS) is 12.3. The number of hydrogen-bond acceptors (Lipinski definition) is 1. The monoisotopic (exact) mass is 230 g/mol. The van der Waals surface area contributed by atoms with Crippen LogP contribution in [-0.2, 0) is 12.5 Å². The molecule has 1 aromatic heterocycles. The molecule has 17 heavy (non-hydrogen) atoms. The third-order valence-electron chi connectivity index (χ3n) is 3.85. The Balaban J connectivity index is 2.73. The summed E-state index contributed by atoms with van der Waals surface area (Å²) in [5.41, 5.74) is 9.99. The Morgan fingerprint density at radius 2 is 1.88 bits per heavy atom. The van der Waals surface area contributed by atoms with Crippen molar-refractivity contribution in [1.29, 1.82) is 0 Å². The molecule has 0 atom stereocenters. The van der Waals surface area contributed by atoms with Crippen molar-refractivity contribution in [2.24, 2.45) is 12.8 Å². The molecule has 0 fully saturated rings. The quantitative estimate of drug-likeness (QED) is 0.863. The molecule has 0 aliphatic carbocycles. The highest BCUT2D eigenvalue weighted by atomic mass is 14.9. The van der Waals surface area contributed by atoms with Crippen molar-refractivity contribution in [3.8, 4) is 0 Å². The van der Waals surface area contributed by atoms with Crippen molar-refractivity contribution in [3.05, 3.63) is 35.5 Å². The van der Waals surface area contributed by atoms with Gasteiger partial charge in [-0.25, -0.2) is 0 Å². The molecule has 0 saturated heterocycles. The van der Waals surface area contributed by atoms with E-state index < -0.39 is 0 Å². The summed E-state index contributed by atoms with van der Waals surface area (Å²) in [6.45, 7) is 7.51. The summed E-state index contributed by atoms with van der Waals surface area (Å²) in [7, 11) is 2.14. The second kappa shape index (κ2) is 4.19. The van der Waals surface area contributed by atoms with Gasteiger partial charge in [0.05, 0.1) is 0 Å². The van der Waals surface area contributed by atoms with Crippen LogP contribution in [0.5, 0.6) is 0 Å². The lowest BCUT2D eigenvalue weighted by Crippen LogP contribution is -2.22. The molecule has 2 N–H and O–H groups in total. The van der Waals surface area contributed by atoms with Crippen molar-refractivity contribution >= 4 is 10.9 Å². The molecule has 0 aliphatic rings. The number of aromatic nitrogens is 1. The predicted octanol–water partition coefficient (Wildman–Crippen LogP) is 3.11. The molecule has 2 aromatic rings. The minimum atomic E-state index is 0.139. The smallest absolute Gasteiger partial charge is 0.0482 e. The van der Waals surface area contributed by atoms with E-state index >= 15 is 0 Å². The molecule has 0 spiro atoms. The first-order valence-electron chi connectivity index (χ1n) is 6.23. The van der Waals surface area contributed by atoms with Gasteiger partial charge in [0.25, 0.3) is 0 Å². The summed E-state index contributed by atoms with van der Waals surface area (Å²) >= 11 is 0. The highest BCUT2D eigenvalue weighted by Gasteiger charge is 2.26. The summed E-state index contributed by atoms with van der Waals surface area (Å²) in [5.74, 6) is 0. The van der Waals surface area contributed by atoms with E-state index in [9.17, 15) is 0 Å². The molecule has 2 heteroatoms. The van der Waals surface area contributed by atoms with E-state index in [4.69, 9.17) is 5.73 Å².